The highest BCUT2D eigenvalue weighted by molar-refractivity contribution is 9.10. The van der Waals surface area contributed by atoms with Crippen LogP contribution in [0.2, 0.25) is 0 Å². The summed E-state index contributed by atoms with van der Waals surface area (Å²) in [4.78, 5) is 35.4. The topological polar surface area (TPSA) is 96.5 Å². The van der Waals surface area contributed by atoms with Gasteiger partial charge >= 0.3 is 12.0 Å². The first-order valence-electron chi connectivity index (χ1n) is 10.1. The van der Waals surface area contributed by atoms with Crippen LogP contribution in [0.5, 0.6) is 11.8 Å². The van der Waals surface area contributed by atoms with Gasteiger partial charge in [0.05, 0.1) is 10.0 Å². The minimum absolute atomic E-state index is 0.215. The first kappa shape index (κ1) is 23.2. The Balaban J connectivity index is 1.66. The van der Waals surface area contributed by atoms with Gasteiger partial charge in [0, 0.05) is 36.9 Å². The van der Waals surface area contributed by atoms with E-state index in [0.29, 0.717) is 17.0 Å². The highest BCUT2D eigenvalue weighted by atomic mass is 79.9. The van der Waals surface area contributed by atoms with Crippen LogP contribution in [0.4, 0.5) is 16.2 Å². The number of halogens is 1. The fourth-order valence-electron chi connectivity index (χ4n) is 3.13. The van der Waals surface area contributed by atoms with Crippen molar-refractivity contribution >= 4 is 39.2 Å². The molecule has 3 rings (SSSR count). The first-order chi connectivity index (χ1) is 15.4. The quantitative estimate of drug-likeness (QED) is 0.468. The van der Waals surface area contributed by atoms with E-state index in [1.807, 2.05) is 32.9 Å². The lowest BCUT2D eigenvalue weighted by Crippen LogP contribution is -2.35. The van der Waals surface area contributed by atoms with Gasteiger partial charge in [-0.05, 0) is 72.6 Å². The van der Waals surface area contributed by atoms with Crippen molar-refractivity contribution < 1.29 is 14.3 Å². The van der Waals surface area contributed by atoms with Gasteiger partial charge in [-0.2, -0.15) is 0 Å². The van der Waals surface area contributed by atoms with Crippen LogP contribution in [0.1, 0.15) is 29.8 Å². The molecule has 2 N–H and O–H groups in total. The van der Waals surface area contributed by atoms with Crippen molar-refractivity contribution in [3.05, 3.63) is 70.5 Å². The maximum absolute atomic E-state index is 12.7. The SMILES string of the molecule is CCN(CC)c1ccccc1C(=O)NC(=O)Nc1ccc(Oc2ncc(Br)cn2)c(C)c1. The number of ether oxygens (including phenoxy) is 1. The largest absolute Gasteiger partial charge is 0.424 e. The van der Waals surface area contributed by atoms with Gasteiger partial charge in [-0.3, -0.25) is 10.1 Å². The van der Waals surface area contributed by atoms with Gasteiger partial charge in [0.25, 0.3) is 5.91 Å². The number of carbonyl (C=O) groups excluding carboxylic acids is 2. The highest BCUT2D eigenvalue weighted by Crippen LogP contribution is 2.26. The molecule has 0 spiro atoms. The lowest BCUT2D eigenvalue weighted by Gasteiger charge is -2.23. The number of nitrogens with zero attached hydrogens (tertiary/aromatic N) is 3. The van der Waals surface area contributed by atoms with Crippen LogP contribution in [0.3, 0.4) is 0 Å². The third-order valence-electron chi connectivity index (χ3n) is 4.71. The Kier molecular flexibility index (Phi) is 7.77. The van der Waals surface area contributed by atoms with Crippen LogP contribution in [-0.4, -0.2) is 35.0 Å². The zero-order chi connectivity index (χ0) is 23.1. The van der Waals surface area contributed by atoms with Gasteiger partial charge in [-0.1, -0.05) is 12.1 Å². The van der Waals surface area contributed by atoms with Crippen LogP contribution in [0, 0.1) is 6.92 Å². The number of rotatable bonds is 7. The number of carbonyl (C=O) groups is 2. The Hall–Kier alpha value is -3.46. The summed E-state index contributed by atoms with van der Waals surface area (Å²) >= 11 is 3.27. The molecular weight excluding hydrogens is 474 g/mol. The number of imide groups is 1. The molecule has 1 heterocycles. The van der Waals surface area contributed by atoms with Crippen molar-refractivity contribution in [1.29, 1.82) is 0 Å². The number of amides is 3. The average molecular weight is 498 g/mol. The van der Waals surface area contributed by atoms with Crippen molar-refractivity contribution in [2.75, 3.05) is 23.3 Å². The number of hydrogen-bond donors (Lipinski definition) is 2. The number of aryl methyl sites for hydroxylation is 1. The molecule has 0 saturated carbocycles. The van der Waals surface area contributed by atoms with Crippen LogP contribution in [-0.2, 0) is 0 Å². The number of benzene rings is 2. The molecule has 0 radical (unpaired) electrons. The Morgan fingerprint density at radius 3 is 2.41 bits per heavy atom. The lowest BCUT2D eigenvalue weighted by atomic mass is 10.1. The molecule has 9 heteroatoms. The highest BCUT2D eigenvalue weighted by Gasteiger charge is 2.17. The van der Waals surface area contributed by atoms with E-state index >= 15 is 0 Å². The van der Waals surface area contributed by atoms with Crippen LogP contribution < -0.4 is 20.3 Å². The summed E-state index contributed by atoms with van der Waals surface area (Å²) in [5.41, 5.74) is 2.53. The van der Waals surface area contributed by atoms with Gasteiger partial charge in [0.1, 0.15) is 5.75 Å². The van der Waals surface area contributed by atoms with E-state index in [-0.39, 0.29) is 6.01 Å². The van der Waals surface area contributed by atoms with Crippen LogP contribution in [0.25, 0.3) is 0 Å². The summed E-state index contributed by atoms with van der Waals surface area (Å²) in [6.45, 7) is 7.38. The molecule has 1 aromatic heterocycles. The first-order valence-corrected chi connectivity index (χ1v) is 10.9. The number of aromatic nitrogens is 2. The van der Waals surface area contributed by atoms with E-state index in [9.17, 15) is 9.59 Å². The Morgan fingerprint density at radius 1 is 1.06 bits per heavy atom. The number of nitrogens with one attached hydrogen (secondary N) is 2. The zero-order valence-electron chi connectivity index (χ0n) is 18.1. The van der Waals surface area contributed by atoms with Gasteiger partial charge in [0.2, 0.25) is 0 Å². The minimum Gasteiger partial charge on any atom is -0.424 e. The van der Waals surface area contributed by atoms with Crippen molar-refractivity contribution in [2.45, 2.75) is 20.8 Å². The zero-order valence-corrected chi connectivity index (χ0v) is 19.6. The molecule has 0 saturated heterocycles. The maximum Gasteiger partial charge on any atom is 0.326 e. The summed E-state index contributed by atoms with van der Waals surface area (Å²) in [7, 11) is 0. The van der Waals surface area contributed by atoms with E-state index < -0.39 is 11.9 Å². The second kappa shape index (κ2) is 10.7. The maximum atomic E-state index is 12.7. The minimum atomic E-state index is -0.617. The lowest BCUT2D eigenvalue weighted by molar-refractivity contribution is 0.0967. The molecule has 0 bridgehead atoms. The Morgan fingerprint density at radius 2 is 1.75 bits per heavy atom. The average Bonchev–Trinajstić information content (AvgIpc) is 2.78. The van der Waals surface area contributed by atoms with E-state index in [1.165, 1.54) is 0 Å². The molecule has 0 unspecified atom stereocenters. The summed E-state index contributed by atoms with van der Waals surface area (Å²) in [5, 5.41) is 5.08. The van der Waals surface area contributed by atoms with Crippen molar-refractivity contribution in [1.82, 2.24) is 15.3 Å². The normalized spacial score (nSPS) is 10.4. The van der Waals surface area contributed by atoms with Crippen LogP contribution in [0.15, 0.2) is 59.3 Å². The fourth-order valence-corrected chi connectivity index (χ4v) is 3.34. The smallest absolute Gasteiger partial charge is 0.326 e. The Labute approximate surface area is 195 Å². The number of urea groups is 1. The third-order valence-corrected chi connectivity index (χ3v) is 5.12. The van der Waals surface area contributed by atoms with E-state index in [1.54, 1.807) is 42.7 Å². The van der Waals surface area contributed by atoms with Gasteiger partial charge < -0.3 is 15.0 Å². The van der Waals surface area contributed by atoms with Crippen molar-refractivity contribution in [3.63, 3.8) is 0 Å². The predicted octanol–water partition coefficient (Wildman–Crippen LogP) is 5.15. The molecule has 32 heavy (non-hydrogen) atoms. The second-order valence-electron chi connectivity index (χ2n) is 6.86. The molecule has 8 nitrogen and oxygen atoms in total. The van der Waals surface area contributed by atoms with E-state index in [4.69, 9.17) is 4.74 Å². The molecule has 0 aliphatic carbocycles. The van der Waals surface area contributed by atoms with Gasteiger partial charge in [-0.25, -0.2) is 14.8 Å². The van der Waals surface area contributed by atoms with Crippen molar-refractivity contribution in [2.24, 2.45) is 0 Å². The molecule has 0 aliphatic rings. The molecule has 0 fully saturated rings. The monoisotopic (exact) mass is 497 g/mol. The summed E-state index contributed by atoms with van der Waals surface area (Å²) in [6, 6.07) is 11.9. The molecular formula is C23H24BrN5O3. The van der Waals surface area contributed by atoms with E-state index in [2.05, 4.69) is 41.4 Å². The van der Waals surface area contributed by atoms with Crippen LogP contribution >= 0.6 is 15.9 Å². The third kappa shape index (κ3) is 5.82. The number of anilines is 2. The summed E-state index contributed by atoms with van der Waals surface area (Å²) < 4.78 is 6.42. The standard InChI is InChI=1S/C23H24BrN5O3/c1-4-29(5-2)19-9-7-6-8-18(19)21(30)28-22(31)27-17-10-11-20(15(3)12-17)32-23-25-13-16(24)14-26-23/h6-14H,4-5H2,1-3H3,(H2,27,28,30,31). The van der Waals surface area contributed by atoms with Gasteiger partial charge in [-0.15, -0.1) is 0 Å². The van der Waals surface area contributed by atoms with Crippen molar-refractivity contribution in [3.8, 4) is 11.8 Å². The molecule has 3 aromatic rings. The molecule has 0 atom stereocenters. The second-order valence-corrected chi connectivity index (χ2v) is 7.78. The fraction of sp³-hybridized carbons (Fsp3) is 0.217. The molecule has 3 amide bonds. The number of hydrogen-bond acceptors (Lipinski definition) is 6. The summed E-state index contributed by atoms with van der Waals surface area (Å²) in [5.74, 6) is 0.0940. The molecule has 0 aliphatic heterocycles. The number of para-hydroxylation sites is 1. The summed E-state index contributed by atoms with van der Waals surface area (Å²) in [6.07, 6.45) is 3.18. The predicted molar refractivity (Wildman–Crippen MR) is 127 cm³/mol. The molecule has 166 valence electrons. The van der Waals surface area contributed by atoms with E-state index in [0.717, 1.165) is 28.8 Å². The Bertz CT molecular complexity index is 1100. The van der Waals surface area contributed by atoms with Gasteiger partial charge in [0.15, 0.2) is 0 Å². The molecule has 2 aromatic carbocycles.